The summed E-state index contributed by atoms with van der Waals surface area (Å²) in [5.74, 6) is 0.101. The van der Waals surface area contributed by atoms with E-state index in [0.29, 0.717) is 37.3 Å². The van der Waals surface area contributed by atoms with Crippen molar-refractivity contribution >= 4 is 40.8 Å². The molecule has 192 valence electrons. The highest BCUT2D eigenvalue weighted by atomic mass is 35.5. The second kappa shape index (κ2) is 10.3. The van der Waals surface area contributed by atoms with Crippen molar-refractivity contribution in [3.63, 3.8) is 0 Å². The van der Waals surface area contributed by atoms with E-state index in [1.807, 2.05) is 11.8 Å². The monoisotopic (exact) mass is 522 g/mol. The molecule has 2 aromatic heterocycles. The second-order valence-electron chi connectivity index (χ2n) is 8.85. The van der Waals surface area contributed by atoms with Crippen LogP contribution >= 0.6 is 11.6 Å². The van der Waals surface area contributed by atoms with Gasteiger partial charge in [-0.2, -0.15) is 23.3 Å². The van der Waals surface area contributed by atoms with E-state index >= 15 is 0 Å². The highest BCUT2D eigenvalue weighted by Gasteiger charge is 2.37. The molecule has 36 heavy (non-hydrogen) atoms. The van der Waals surface area contributed by atoms with Crippen molar-refractivity contribution in [1.29, 1.82) is 0 Å². The number of nitrogens with one attached hydrogen (secondary N) is 3. The normalized spacial score (nSPS) is 15.2. The number of aryl methyl sites for hydroxylation is 2. The number of hydrogen-bond donors (Lipinski definition) is 4. The molecule has 1 aromatic carbocycles. The number of halogens is 4. The van der Waals surface area contributed by atoms with Crippen LogP contribution in [0.3, 0.4) is 0 Å². The number of nitrogens with two attached hydrogens (primary N) is 1. The molecule has 0 unspecified atom stereocenters. The average Bonchev–Trinajstić information content (AvgIpc) is 3.21. The number of alkyl halides is 3. The van der Waals surface area contributed by atoms with Crippen LogP contribution in [-0.4, -0.2) is 50.6 Å². The fourth-order valence-electron chi connectivity index (χ4n) is 4.31. The first kappa shape index (κ1) is 25.7. The number of benzene rings is 1. The minimum atomic E-state index is -4.55. The summed E-state index contributed by atoms with van der Waals surface area (Å²) in [5.41, 5.74) is 6.47. The number of piperidine rings is 1. The number of carbonyl (C=O) groups excluding carboxylic acids is 1. The van der Waals surface area contributed by atoms with E-state index < -0.39 is 17.6 Å². The van der Waals surface area contributed by atoms with E-state index in [2.05, 4.69) is 30.8 Å². The predicted molar refractivity (Wildman–Crippen MR) is 131 cm³/mol. The molecule has 0 spiro atoms. The van der Waals surface area contributed by atoms with Crippen molar-refractivity contribution in [2.75, 3.05) is 30.3 Å². The Morgan fingerprint density at radius 3 is 2.56 bits per heavy atom. The maximum atomic E-state index is 14.1. The van der Waals surface area contributed by atoms with Crippen molar-refractivity contribution in [3.05, 3.63) is 51.8 Å². The Morgan fingerprint density at radius 1 is 1.22 bits per heavy atom. The molecule has 0 saturated carbocycles. The molecule has 3 aromatic rings. The van der Waals surface area contributed by atoms with Gasteiger partial charge in [0.05, 0.1) is 18.3 Å². The first-order chi connectivity index (χ1) is 17.0. The Hall–Kier alpha value is -3.38. The molecule has 13 heteroatoms. The molecule has 0 atom stereocenters. The summed E-state index contributed by atoms with van der Waals surface area (Å²) in [4.78, 5) is 21.4. The molecule has 1 aliphatic heterocycles. The van der Waals surface area contributed by atoms with Gasteiger partial charge in [0.1, 0.15) is 5.02 Å². The molecular weight excluding hydrogens is 497 g/mol. The Balaban J connectivity index is 1.58. The van der Waals surface area contributed by atoms with Gasteiger partial charge < -0.3 is 16.4 Å². The number of primary amides is 1. The number of rotatable bonds is 7. The molecular formula is C23H26ClF3N8O. The van der Waals surface area contributed by atoms with Crippen LogP contribution in [0.2, 0.25) is 5.02 Å². The van der Waals surface area contributed by atoms with Crippen LogP contribution in [0, 0.1) is 13.8 Å². The lowest BCUT2D eigenvalue weighted by molar-refractivity contribution is -0.138. The van der Waals surface area contributed by atoms with Gasteiger partial charge in [0.15, 0.2) is 11.6 Å². The molecule has 9 nitrogen and oxygen atoms in total. The standard InChI is InChI=1S/C23H26ClF3N8O/c1-12-7-15(14-3-5-35(6-4-14)11-19(28)36)16(23(25,26)27)9-18(12)30-22-29-10-17(24)21(32-22)31-20-8-13(2)33-34-20/h7-10,14H,3-6,11H2,1-2H3,(H2,28,36)(H3,29,30,31,32,33,34). The molecule has 1 saturated heterocycles. The number of aromatic nitrogens is 4. The summed E-state index contributed by atoms with van der Waals surface area (Å²) in [6.45, 7) is 4.69. The van der Waals surface area contributed by atoms with Gasteiger partial charge in [0.2, 0.25) is 11.9 Å². The Kier molecular flexibility index (Phi) is 7.36. The summed E-state index contributed by atoms with van der Waals surface area (Å²) in [6.07, 6.45) is -2.18. The van der Waals surface area contributed by atoms with Crippen LogP contribution in [0.5, 0.6) is 0 Å². The third-order valence-corrected chi connectivity index (χ3v) is 6.33. The third-order valence-electron chi connectivity index (χ3n) is 6.05. The number of likely N-dealkylation sites (tertiary alicyclic amines) is 1. The van der Waals surface area contributed by atoms with Crippen LogP contribution < -0.4 is 16.4 Å². The minimum absolute atomic E-state index is 0.0814. The van der Waals surface area contributed by atoms with Crippen molar-refractivity contribution in [2.24, 2.45) is 5.73 Å². The van der Waals surface area contributed by atoms with Gasteiger partial charge in [0.25, 0.3) is 0 Å². The van der Waals surface area contributed by atoms with Gasteiger partial charge in [0, 0.05) is 17.4 Å². The number of carbonyl (C=O) groups is 1. The number of hydrogen-bond acceptors (Lipinski definition) is 7. The lowest BCUT2D eigenvalue weighted by Crippen LogP contribution is -2.39. The van der Waals surface area contributed by atoms with Crippen LogP contribution in [0.15, 0.2) is 24.4 Å². The molecule has 5 N–H and O–H groups in total. The van der Waals surface area contributed by atoms with E-state index in [1.54, 1.807) is 19.1 Å². The van der Waals surface area contributed by atoms with Gasteiger partial charge in [-0.25, -0.2) is 4.98 Å². The number of anilines is 4. The first-order valence-corrected chi connectivity index (χ1v) is 11.7. The minimum Gasteiger partial charge on any atom is -0.369 e. The van der Waals surface area contributed by atoms with Crippen molar-refractivity contribution in [1.82, 2.24) is 25.1 Å². The maximum Gasteiger partial charge on any atom is 0.416 e. The van der Waals surface area contributed by atoms with Crippen molar-refractivity contribution in [3.8, 4) is 0 Å². The van der Waals surface area contributed by atoms with Crippen molar-refractivity contribution in [2.45, 2.75) is 38.8 Å². The second-order valence-corrected chi connectivity index (χ2v) is 9.25. The lowest BCUT2D eigenvalue weighted by atomic mass is 9.85. The molecule has 0 radical (unpaired) electrons. The summed E-state index contributed by atoms with van der Waals surface area (Å²) in [7, 11) is 0. The molecule has 1 aliphatic rings. The summed E-state index contributed by atoms with van der Waals surface area (Å²) >= 11 is 6.19. The molecule has 0 aliphatic carbocycles. The zero-order valence-electron chi connectivity index (χ0n) is 19.7. The van der Waals surface area contributed by atoms with Gasteiger partial charge in [-0.15, -0.1) is 0 Å². The van der Waals surface area contributed by atoms with E-state index in [1.165, 1.54) is 6.20 Å². The van der Waals surface area contributed by atoms with Crippen LogP contribution in [0.1, 0.15) is 41.1 Å². The van der Waals surface area contributed by atoms with Crippen LogP contribution in [0.4, 0.5) is 36.4 Å². The predicted octanol–water partition coefficient (Wildman–Crippen LogP) is 4.64. The van der Waals surface area contributed by atoms with E-state index in [4.69, 9.17) is 17.3 Å². The maximum absolute atomic E-state index is 14.1. The fourth-order valence-corrected chi connectivity index (χ4v) is 4.45. The van der Waals surface area contributed by atoms with Crippen LogP contribution in [-0.2, 0) is 11.0 Å². The number of aromatic amines is 1. The zero-order valence-corrected chi connectivity index (χ0v) is 20.5. The molecule has 0 bridgehead atoms. The zero-order chi connectivity index (χ0) is 26.0. The molecule has 3 heterocycles. The Bertz CT molecular complexity index is 1250. The lowest BCUT2D eigenvalue weighted by Gasteiger charge is -2.33. The average molecular weight is 523 g/mol. The van der Waals surface area contributed by atoms with Gasteiger partial charge in [-0.1, -0.05) is 17.7 Å². The summed E-state index contributed by atoms with van der Waals surface area (Å²) < 4.78 is 42.3. The number of nitrogens with zero attached hydrogens (tertiary/aromatic N) is 4. The van der Waals surface area contributed by atoms with E-state index in [-0.39, 0.29) is 40.5 Å². The highest BCUT2D eigenvalue weighted by Crippen LogP contribution is 2.41. The Morgan fingerprint density at radius 2 is 1.94 bits per heavy atom. The van der Waals surface area contributed by atoms with Crippen molar-refractivity contribution < 1.29 is 18.0 Å². The third kappa shape index (κ3) is 6.05. The summed E-state index contributed by atoms with van der Waals surface area (Å²) in [5, 5.41) is 12.9. The molecule has 4 rings (SSSR count). The SMILES string of the molecule is Cc1cc(Nc2nc(Nc3cc(C(F)(F)F)c(C4CCN(CC(N)=O)CC4)cc3C)ncc2Cl)n[nH]1. The highest BCUT2D eigenvalue weighted by molar-refractivity contribution is 6.32. The van der Waals surface area contributed by atoms with E-state index in [0.717, 1.165) is 11.8 Å². The molecule has 1 amide bonds. The van der Waals surface area contributed by atoms with Gasteiger partial charge in [-0.3, -0.25) is 14.8 Å². The Labute approximate surface area is 210 Å². The van der Waals surface area contributed by atoms with Gasteiger partial charge in [-0.05, 0) is 62.9 Å². The smallest absolute Gasteiger partial charge is 0.369 e. The van der Waals surface area contributed by atoms with Gasteiger partial charge >= 0.3 is 6.18 Å². The summed E-state index contributed by atoms with van der Waals surface area (Å²) in [6, 6.07) is 4.42. The number of H-pyrrole nitrogens is 1. The largest absolute Gasteiger partial charge is 0.416 e. The van der Waals surface area contributed by atoms with E-state index in [9.17, 15) is 18.0 Å². The quantitative estimate of drug-likeness (QED) is 0.356. The van der Waals surface area contributed by atoms with Crippen LogP contribution in [0.25, 0.3) is 0 Å². The fraction of sp³-hybridized carbons (Fsp3) is 0.391. The first-order valence-electron chi connectivity index (χ1n) is 11.3. The topological polar surface area (TPSA) is 125 Å². The number of amides is 1. The molecule has 1 fully saturated rings.